The second-order valence-corrected chi connectivity index (χ2v) is 9.15. The van der Waals surface area contributed by atoms with E-state index in [0.29, 0.717) is 0 Å². The molecule has 22 heteroatoms. The van der Waals surface area contributed by atoms with Crippen molar-refractivity contribution in [2.75, 3.05) is 0 Å². The van der Waals surface area contributed by atoms with E-state index in [1.807, 2.05) is 0 Å². The molecule has 120 valence electrons. The summed E-state index contributed by atoms with van der Waals surface area (Å²) in [5, 5.41) is 0. The molecule has 0 unspecified atom stereocenters. The second-order valence-electron chi connectivity index (χ2n) is 1.12. The summed E-state index contributed by atoms with van der Waals surface area (Å²) >= 11 is -21.7. The predicted octanol–water partition coefficient (Wildman–Crippen LogP) is -7.91. The molecular weight excluding hydrogens is 1260 g/mol. The fraction of sp³-hybridized carbons (Fsp3) is 0. The van der Waals surface area contributed by atoms with Crippen LogP contribution in [0.4, 0.5) is 0 Å². The van der Waals surface area contributed by atoms with Crippen LogP contribution in [-0.4, -0.2) is 62.8 Å². The Morgan fingerprint density at radius 2 is 0.364 bits per heavy atom. The van der Waals surface area contributed by atoms with Crippen LogP contribution < -0.4 is 18.1 Å². The topological polar surface area (TPSA) is 286 Å². The molecule has 0 aliphatic heterocycles. The average Bonchev–Trinajstić information content (AvgIpc) is 1.94. The Morgan fingerprint density at radius 1 is 0.364 bits per heavy atom. The standard InChI is InChI=1S/Al.15O.Sr.5Ta/q+3;;;;;;;;;;;5*-1;+2;;;;;. The second kappa shape index (κ2) is 39.5. The number of hydrogen-bond acceptors (Lipinski definition) is 15. The van der Waals surface area contributed by atoms with Gasteiger partial charge in [-0.15, -0.1) is 0 Å². The Balaban J connectivity index is -0.0000000250. The minimum Gasteiger partial charge on any atom is 2.00 e. The van der Waals surface area contributed by atoms with Gasteiger partial charge in [0.05, 0.1) is 0 Å². The first-order chi connectivity index (χ1) is 8.66. The Morgan fingerprint density at radius 3 is 0.364 bits per heavy atom. The van der Waals surface area contributed by atoms with Gasteiger partial charge in [-0.05, 0) is 0 Å². The SMILES string of the molecule is [Al+3].[O]=[Ta](=[O])[O-].[O]=[Ta](=[O])[O-].[O]=[Ta](=[O])[O-].[O]=[Ta](=[O])[O-].[O]=[Ta](=[O])[O-].[Sr+2]. The number of rotatable bonds is 0. The summed E-state index contributed by atoms with van der Waals surface area (Å²) in [7, 11) is 0. The monoisotopic (exact) mass is 1260 g/mol. The maximum Gasteiger partial charge on any atom is 2.00 e. The molecule has 0 spiro atoms. The summed E-state index contributed by atoms with van der Waals surface area (Å²) in [6.45, 7) is 0. The van der Waals surface area contributed by atoms with Crippen molar-refractivity contribution in [3.63, 3.8) is 0 Å². The van der Waals surface area contributed by atoms with Gasteiger partial charge in [-0.1, -0.05) is 0 Å². The zero-order valence-electron chi connectivity index (χ0n) is 9.64. The van der Waals surface area contributed by atoms with Gasteiger partial charge in [0.2, 0.25) is 0 Å². The fourth-order valence-corrected chi connectivity index (χ4v) is 0. The third-order valence-corrected chi connectivity index (χ3v) is 0. The molecule has 0 fully saturated rings. The van der Waals surface area contributed by atoms with Crippen LogP contribution in [0.25, 0.3) is 0 Å². The Kier molecular flexibility index (Phi) is 80.4. The molecule has 0 heterocycles. The van der Waals surface area contributed by atoms with Crippen LogP contribution in [0.5, 0.6) is 0 Å². The van der Waals surface area contributed by atoms with E-state index in [9.17, 15) is 0 Å². The predicted molar refractivity (Wildman–Crippen MR) is 18.4 cm³/mol. The third kappa shape index (κ3) is 965. The van der Waals surface area contributed by atoms with Crippen molar-refractivity contribution < 1.29 is 145 Å². The van der Waals surface area contributed by atoms with Crippen molar-refractivity contribution in [2.45, 2.75) is 0 Å². The quantitative estimate of drug-likeness (QED) is 0.204. The van der Waals surface area contributed by atoms with Crippen LogP contribution >= 0.6 is 0 Å². The van der Waals surface area contributed by atoms with Gasteiger partial charge in [0.1, 0.15) is 0 Å². The minimum absolute atomic E-state index is 0. The molecule has 0 atom stereocenters. The average molecular weight is 1260 g/mol. The summed E-state index contributed by atoms with van der Waals surface area (Å²) in [5.41, 5.74) is 0. The largest absolute Gasteiger partial charge is 2.00 e. The molecule has 0 aromatic rings. The Bertz CT molecular complexity index is 386. The summed E-state index contributed by atoms with van der Waals surface area (Å²) in [5.74, 6) is 0. The Hall–Kier alpha value is 3.51. The maximum absolute atomic E-state index is 8.62. The summed E-state index contributed by atoms with van der Waals surface area (Å²) in [4.78, 5) is 0. The van der Waals surface area contributed by atoms with Crippen LogP contribution in [0.3, 0.4) is 0 Å². The molecular formula is AlO15SrTa5. The smallest absolute Gasteiger partial charge is 2.00 e. The molecule has 0 radical (unpaired) electrons. The van der Waals surface area contributed by atoms with Crippen molar-refractivity contribution in [3.05, 3.63) is 0 Å². The molecule has 0 aromatic heterocycles. The van der Waals surface area contributed by atoms with E-state index in [-0.39, 0.29) is 62.8 Å². The van der Waals surface area contributed by atoms with E-state index in [1.54, 1.807) is 0 Å². The minimum atomic E-state index is -4.34. The van der Waals surface area contributed by atoms with E-state index in [4.69, 9.17) is 50.6 Å². The molecule has 15 nitrogen and oxygen atoms in total. The maximum atomic E-state index is 8.62. The molecule has 0 amide bonds. The van der Waals surface area contributed by atoms with Crippen molar-refractivity contribution in [2.24, 2.45) is 0 Å². The van der Waals surface area contributed by atoms with Gasteiger partial charge < -0.3 is 0 Å². The molecule has 0 aliphatic rings. The van der Waals surface area contributed by atoms with Gasteiger partial charge in [-0.3, -0.25) is 0 Å². The van der Waals surface area contributed by atoms with Gasteiger partial charge in [-0.25, -0.2) is 0 Å². The first-order valence-corrected chi connectivity index (χ1v) is 22.4. The van der Waals surface area contributed by atoms with Gasteiger partial charge in [0, 0.05) is 0 Å². The van der Waals surface area contributed by atoms with Crippen molar-refractivity contribution in [1.29, 1.82) is 0 Å². The van der Waals surface area contributed by atoms with E-state index < -0.39 is 93.9 Å². The molecule has 0 N–H and O–H groups in total. The normalized spacial score (nSPS) is 5.68. The first kappa shape index (κ1) is 44.7. The zero-order chi connectivity index (χ0) is 17.9. The van der Waals surface area contributed by atoms with Crippen molar-refractivity contribution in [1.82, 2.24) is 0 Å². The molecule has 22 heavy (non-hydrogen) atoms. The molecule has 0 rings (SSSR count). The summed E-state index contributed by atoms with van der Waals surface area (Å²) in [6, 6.07) is 0. The summed E-state index contributed by atoms with van der Waals surface area (Å²) in [6.07, 6.45) is 0. The van der Waals surface area contributed by atoms with Crippen LogP contribution in [0.1, 0.15) is 0 Å². The molecule has 0 aliphatic carbocycles. The summed E-state index contributed by atoms with van der Waals surface area (Å²) < 4.78 is 129. The van der Waals surface area contributed by atoms with Gasteiger partial charge in [0.25, 0.3) is 0 Å². The van der Waals surface area contributed by atoms with E-state index in [2.05, 4.69) is 0 Å². The van der Waals surface area contributed by atoms with Gasteiger partial charge in [0.15, 0.2) is 0 Å². The first-order valence-electron chi connectivity index (χ1n) is 2.74. The van der Waals surface area contributed by atoms with E-state index in [0.717, 1.165) is 0 Å². The van der Waals surface area contributed by atoms with Crippen LogP contribution in [0.15, 0.2) is 0 Å². The van der Waals surface area contributed by atoms with E-state index >= 15 is 0 Å². The van der Waals surface area contributed by atoms with Crippen molar-refractivity contribution in [3.8, 4) is 0 Å². The molecule has 0 bridgehead atoms. The third-order valence-electron chi connectivity index (χ3n) is 0. The van der Waals surface area contributed by atoms with Crippen LogP contribution in [0.2, 0.25) is 0 Å². The number of hydrogen-bond donors (Lipinski definition) is 0. The Labute approximate surface area is 202 Å². The van der Waals surface area contributed by atoms with Gasteiger partial charge >= 0.3 is 207 Å². The fourth-order valence-electron chi connectivity index (χ4n) is 0. The van der Waals surface area contributed by atoms with Gasteiger partial charge in [-0.2, -0.15) is 0 Å². The van der Waals surface area contributed by atoms with Crippen molar-refractivity contribution >= 4 is 62.8 Å². The van der Waals surface area contributed by atoms with Crippen LogP contribution in [0, 0.1) is 0 Å². The zero-order valence-corrected chi connectivity index (χ0v) is 30.3. The molecule has 0 saturated carbocycles. The molecule has 0 aromatic carbocycles. The molecule has 0 saturated heterocycles. The van der Waals surface area contributed by atoms with E-state index in [1.165, 1.54) is 0 Å². The van der Waals surface area contributed by atoms with Crippen LogP contribution in [-0.2, 0) is 126 Å².